The second kappa shape index (κ2) is 10.2. The number of ether oxygens (including phenoxy) is 1. The first-order valence-electron chi connectivity index (χ1n) is 7.81. The second-order valence-electron chi connectivity index (χ2n) is 5.27. The Kier molecular flexibility index (Phi) is 8.98. The number of carbonyl (C=O) groups is 1. The Hall–Kier alpha value is -0.520. The zero-order valence-corrected chi connectivity index (χ0v) is 13.7. The minimum absolute atomic E-state index is 0.127. The number of ketones is 1. The summed E-state index contributed by atoms with van der Waals surface area (Å²) in [5.41, 5.74) is 0. The molecule has 0 aliphatic carbocycles. The van der Waals surface area contributed by atoms with Gasteiger partial charge in [0.1, 0.15) is 4.99 Å². The Morgan fingerprint density at radius 2 is 1.90 bits per heavy atom. The smallest absolute Gasteiger partial charge is 0.189 e. The van der Waals surface area contributed by atoms with Crippen LogP contribution in [0, 0.1) is 0 Å². The standard InChI is InChI=1S/C15H28N2O2S/c1-3-6-14(18)15(20)17(7-4-2)9-5-8-16-10-12-19-13-11-16/h3-13H2,1-2H3. The van der Waals surface area contributed by atoms with E-state index in [4.69, 9.17) is 17.0 Å². The molecular formula is C15H28N2O2S. The van der Waals surface area contributed by atoms with Crippen molar-refractivity contribution in [3.63, 3.8) is 0 Å². The van der Waals surface area contributed by atoms with E-state index in [1.807, 2.05) is 6.92 Å². The Bertz CT molecular complexity index is 304. The van der Waals surface area contributed by atoms with Gasteiger partial charge in [-0.2, -0.15) is 0 Å². The Balaban J connectivity index is 2.33. The number of hydrogen-bond donors (Lipinski definition) is 0. The summed E-state index contributed by atoms with van der Waals surface area (Å²) in [4.78, 5) is 17.0. The molecule has 1 aliphatic rings. The molecule has 1 saturated heterocycles. The molecule has 0 aromatic rings. The molecule has 0 spiro atoms. The van der Waals surface area contributed by atoms with Gasteiger partial charge in [-0.1, -0.05) is 26.1 Å². The van der Waals surface area contributed by atoms with Gasteiger partial charge in [0, 0.05) is 39.1 Å². The first-order valence-corrected chi connectivity index (χ1v) is 8.22. The summed E-state index contributed by atoms with van der Waals surface area (Å²) in [6.45, 7) is 10.7. The second-order valence-corrected chi connectivity index (χ2v) is 5.66. The van der Waals surface area contributed by atoms with E-state index in [9.17, 15) is 4.79 Å². The van der Waals surface area contributed by atoms with Crippen LogP contribution < -0.4 is 0 Å². The highest BCUT2D eigenvalue weighted by molar-refractivity contribution is 7.82. The zero-order valence-electron chi connectivity index (χ0n) is 12.9. The van der Waals surface area contributed by atoms with Crippen LogP contribution in [0.25, 0.3) is 0 Å². The van der Waals surface area contributed by atoms with Crippen LogP contribution in [0.15, 0.2) is 0 Å². The van der Waals surface area contributed by atoms with Crippen LogP contribution in [0.3, 0.4) is 0 Å². The SMILES string of the molecule is CCCC(=O)C(=S)N(CCC)CCCN1CCOCC1. The van der Waals surface area contributed by atoms with Crippen molar-refractivity contribution < 1.29 is 9.53 Å². The molecule has 0 radical (unpaired) electrons. The fraction of sp³-hybridized carbons (Fsp3) is 0.867. The number of hydrogen-bond acceptors (Lipinski definition) is 4. The summed E-state index contributed by atoms with van der Waals surface area (Å²) < 4.78 is 5.34. The molecule has 116 valence electrons. The van der Waals surface area contributed by atoms with Gasteiger partial charge in [0.05, 0.1) is 13.2 Å². The summed E-state index contributed by atoms with van der Waals surface area (Å²) >= 11 is 5.34. The van der Waals surface area contributed by atoms with Crippen molar-refractivity contribution in [1.29, 1.82) is 0 Å². The van der Waals surface area contributed by atoms with E-state index in [2.05, 4.69) is 16.7 Å². The van der Waals surface area contributed by atoms with E-state index in [0.717, 1.165) is 65.2 Å². The lowest BCUT2D eigenvalue weighted by atomic mass is 10.2. The number of rotatable bonds is 9. The highest BCUT2D eigenvalue weighted by Crippen LogP contribution is 2.04. The van der Waals surface area contributed by atoms with Gasteiger partial charge in [-0.15, -0.1) is 0 Å². The average molecular weight is 300 g/mol. The van der Waals surface area contributed by atoms with Crippen molar-refractivity contribution in [3.05, 3.63) is 0 Å². The van der Waals surface area contributed by atoms with Crippen LogP contribution in [-0.2, 0) is 9.53 Å². The molecule has 0 atom stereocenters. The summed E-state index contributed by atoms with van der Waals surface area (Å²) in [6.07, 6.45) is 3.52. The third-order valence-corrected chi connectivity index (χ3v) is 3.99. The highest BCUT2D eigenvalue weighted by Gasteiger charge is 2.16. The molecule has 0 N–H and O–H groups in total. The summed E-state index contributed by atoms with van der Waals surface area (Å²) in [6, 6.07) is 0. The minimum atomic E-state index is 0.127. The normalized spacial score (nSPS) is 16.1. The molecule has 0 aromatic heterocycles. The average Bonchev–Trinajstić information content (AvgIpc) is 2.47. The summed E-state index contributed by atoms with van der Waals surface area (Å²) in [5, 5.41) is 0. The lowest BCUT2D eigenvalue weighted by Gasteiger charge is -2.29. The van der Waals surface area contributed by atoms with Crippen molar-refractivity contribution in [1.82, 2.24) is 9.80 Å². The molecular weight excluding hydrogens is 272 g/mol. The van der Waals surface area contributed by atoms with Crippen LogP contribution in [-0.4, -0.2) is 66.5 Å². The largest absolute Gasteiger partial charge is 0.379 e. The van der Waals surface area contributed by atoms with Gasteiger partial charge in [-0.3, -0.25) is 9.69 Å². The van der Waals surface area contributed by atoms with Crippen LogP contribution in [0.4, 0.5) is 0 Å². The van der Waals surface area contributed by atoms with Crippen molar-refractivity contribution in [2.45, 2.75) is 39.5 Å². The number of morpholine rings is 1. The molecule has 0 saturated carbocycles. The van der Waals surface area contributed by atoms with Gasteiger partial charge >= 0.3 is 0 Å². The summed E-state index contributed by atoms with van der Waals surface area (Å²) in [7, 11) is 0. The molecule has 5 heteroatoms. The van der Waals surface area contributed by atoms with E-state index >= 15 is 0 Å². The Morgan fingerprint density at radius 1 is 1.20 bits per heavy atom. The Labute approximate surface area is 128 Å². The molecule has 1 heterocycles. The molecule has 0 amide bonds. The lowest BCUT2D eigenvalue weighted by Crippen LogP contribution is -2.40. The third-order valence-electron chi connectivity index (χ3n) is 3.50. The maximum atomic E-state index is 11.9. The van der Waals surface area contributed by atoms with Crippen LogP contribution in [0.2, 0.25) is 0 Å². The maximum Gasteiger partial charge on any atom is 0.189 e. The van der Waals surface area contributed by atoms with E-state index in [0.29, 0.717) is 11.4 Å². The van der Waals surface area contributed by atoms with Gasteiger partial charge in [-0.25, -0.2) is 0 Å². The number of Topliss-reactive ketones (excluding diaryl/α,β-unsaturated/α-hetero) is 1. The fourth-order valence-corrected chi connectivity index (χ4v) is 2.69. The predicted octanol–water partition coefficient (Wildman–Crippen LogP) is 2.12. The van der Waals surface area contributed by atoms with Gasteiger partial charge < -0.3 is 9.64 Å². The zero-order chi connectivity index (χ0) is 14.8. The van der Waals surface area contributed by atoms with Crippen molar-refractivity contribution >= 4 is 23.0 Å². The van der Waals surface area contributed by atoms with Gasteiger partial charge in [0.15, 0.2) is 5.78 Å². The number of carbonyl (C=O) groups excluding carboxylic acids is 1. The van der Waals surface area contributed by atoms with E-state index < -0.39 is 0 Å². The molecule has 1 fully saturated rings. The lowest BCUT2D eigenvalue weighted by molar-refractivity contribution is -0.113. The van der Waals surface area contributed by atoms with Crippen molar-refractivity contribution in [3.8, 4) is 0 Å². The van der Waals surface area contributed by atoms with Gasteiger partial charge in [-0.05, 0) is 19.3 Å². The van der Waals surface area contributed by atoms with E-state index in [-0.39, 0.29) is 5.78 Å². The van der Waals surface area contributed by atoms with Crippen molar-refractivity contribution in [2.75, 3.05) is 45.9 Å². The molecule has 4 nitrogen and oxygen atoms in total. The molecule has 0 bridgehead atoms. The molecule has 0 unspecified atom stereocenters. The van der Waals surface area contributed by atoms with Crippen LogP contribution in [0.1, 0.15) is 39.5 Å². The fourth-order valence-electron chi connectivity index (χ4n) is 2.41. The summed E-state index contributed by atoms with van der Waals surface area (Å²) in [5.74, 6) is 0.127. The first kappa shape index (κ1) is 17.5. The van der Waals surface area contributed by atoms with E-state index in [1.165, 1.54) is 0 Å². The molecule has 0 aromatic carbocycles. The molecule has 1 aliphatic heterocycles. The topological polar surface area (TPSA) is 32.8 Å². The van der Waals surface area contributed by atoms with Crippen molar-refractivity contribution in [2.24, 2.45) is 0 Å². The number of thiocarbonyl (C=S) groups is 1. The highest BCUT2D eigenvalue weighted by atomic mass is 32.1. The maximum absolute atomic E-state index is 11.9. The Morgan fingerprint density at radius 3 is 2.50 bits per heavy atom. The number of nitrogens with zero attached hydrogens (tertiary/aromatic N) is 2. The third kappa shape index (κ3) is 6.29. The molecule has 20 heavy (non-hydrogen) atoms. The minimum Gasteiger partial charge on any atom is -0.379 e. The van der Waals surface area contributed by atoms with E-state index in [1.54, 1.807) is 0 Å². The monoisotopic (exact) mass is 300 g/mol. The molecule has 1 rings (SSSR count). The van der Waals surface area contributed by atoms with Crippen LogP contribution in [0.5, 0.6) is 0 Å². The van der Waals surface area contributed by atoms with Gasteiger partial charge in [0.25, 0.3) is 0 Å². The quantitative estimate of drug-likeness (QED) is 0.609. The van der Waals surface area contributed by atoms with Crippen LogP contribution >= 0.6 is 12.2 Å². The first-order chi connectivity index (χ1) is 9.69. The van der Waals surface area contributed by atoms with Gasteiger partial charge in [0.2, 0.25) is 0 Å². The predicted molar refractivity (Wildman–Crippen MR) is 86.3 cm³/mol.